The van der Waals surface area contributed by atoms with Crippen molar-refractivity contribution in [2.45, 2.75) is 58.3 Å². The highest BCUT2D eigenvalue weighted by Gasteiger charge is 2.44. The Morgan fingerprint density at radius 2 is 1.86 bits per heavy atom. The topological polar surface area (TPSA) is 21.3 Å². The average Bonchev–Trinajstić information content (AvgIpc) is 2.90. The molecule has 0 radical (unpaired) electrons. The van der Waals surface area contributed by atoms with Gasteiger partial charge >= 0.3 is 0 Å². The highest BCUT2D eigenvalue weighted by atomic mass is 16.5. The molecule has 22 heavy (non-hydrogen) atoms. The highest BCUT2D eigenvalue weighted by Crippen LogP contribution is 2.49. The molecule has 2 nitrogen and oxygen atoms in total. The average molecular weight is 303 g/mol. The van der Waals surface area contributed by atoms with Gasteiger partial charge in [-0.1, -0.05) is 58.1 Å². The van der Waals surface area contributed by atoms with Crippen molar-refractivity contribution >= 4 is 0 Å². The van der Waals surface area contributed by atoms with E-state index in [0.717, 1.165) is 23.5 Å². The lowest BCUT2D eigenvalue weighted by Gasteiger charge is -2.40. The van der Waals surface area contributed by atoms with Crippen LogP contribution in [0.2, 0.25) is 0 Å². The maximum atomic E-state index is 5.27. The molecule has 1 saturated heterocycles. The lowest BCUT2D eigenvalue weighted by Crippen LogP contribution is -2.33. The third-order valence-corrected chi connectivity index (χ3v) is 5.19. The Hall–Kier alpha value is -1.02. The molecule has 0 spiro atoms. The summed E-state index contributed by atoms with van der Waals surface area (Å²) in [5, 5.41) is 3.48. The van der Waals surface area contributed by atoms with E-state index in [4.69, 9.17) is 4.74 Å². The Morgan fingerprint density at radius 1 is 1.09 bits per heavy atom. The van der Waals surface area contributed by atoms with E-state index in [-0.39, 0.29) is 0 Å². The van der Waals surface area contributed by atoms with E-state index in [9.17, 15) is 0 Å². The van der Waals surface area contributed by atoms with Crippen molar-refractivity contribution in [3.8, 4) is 5.75 Å². The Kier molecular flexibility index (Phi) is 7.24. The van der Waals surface area contributed by atoms with E-state index in [1.807, 2.05) is 6.07 Å². The first-order valence-corrected chi connectivity index (χ1v) is 9.14. The number of fused-ring (bicyclic) bond motifs is 1. The first-order chi connectivity index (χ1) is 10.8. The summed E-state index contributed by atoms with van der Waals surface area (Å²) in [6.45, 7) is 6.92. The van der Waals surface area contributed by atoms with Gasteiger partial charge in [0.25, 0.3) is 0 Å². The van der Waals surface area contributed by atoms with Gasteiger partial charge in [-0.25, -0.2) is 0 Å². The van der Waals surface area contributed by atoms with Gasteiger partial charge in [0.1, 0.15) is 5.75 Å². The zero-order valence-corrected chi connectivity index (χ0v) is 14.6. The molecular weight excluding hydrogens is 270 g/mol. The van der Waals surface area contributed by atoms with E-state index >= 15 is 0 Å². The summed E-state index contributed by atoms with van der Waals surface area (Å²) in [7, 11) is 1.74. The number of hydrogen-bond acceptors (Lipinski definition) is 2. The van der Waals surface area contributed by atoms with Crippen LogP contribution in [0.15, 0.2) is 24.3 Å². The molecule has 0 aromatic heterocycles. The first-order valence-electron chi connectivity index (χ1n) is 9.14. The number of unbranched alkanes of at least 4 members (excludes halogenated alkanes) is 4. The Balaban J connectivity index is 0.000000217. The van der Waals surface area contributed by atoms with E-state index in [1.165, 1.54) is 57.2 Å². The van der Waals surface area contributed by atoms with Crippen LogP contribution in [0, 0.1) is 11.8 Å². The number of benzene rings is 1. The predicted molar refractivity (Wildman–Crippen MR) is 94.6 cm³/mol. The zero-order valence-electron chi connectivity index (χ0n) is 14.6. The monoisotopic (exact) mass is 303 g/mol. The van der Waals surface area contributed by atoms with Crippen LogP contribution in [0.3, 0.4) is 0 Å². The number of methoxy groups -OCH3 is 1. The third-order valence-electron chi connectivity index (χ3n) is 5.19. The second-order valence-electron chi connectivity index (χ2n) is 6.76. The lowest BCUT2D eigenvalue weighted by molar-refractivity contribution is 0.190. The molecule has 0 bridgehead atoms. The Bertz CT molecular complexity index is 427. The van der Waals surface area contributed by atoms with Gasteiger partial charge < -0.3 is 10.1 Å². The molecule has 2 heteroatoms. The van der Waals surface area contributed by atoms with Crippen LogP contribution < -0.4 is 10.1 Å². The minimum absolute atomic E-state index is 0.764. The minimum atomic E-state index is 0.764. The van der Waals surface area contributed by atoms with Gasteiger partial charge in [0.05, 0.1) is 7.11 Å². The normalized spacial score (nSPS) is 25.7. The second kappa shape index (κ2) is 9.19. The minimum Gasteiger partial charge on any atom is -0.497 e. The number of ether oxygens (including phenoxy) is 1. The fraction of sp³-hybridized carbons (Fsp3) is 0.700. The highest BCUT2D eigenvalue weighted by molar-refractivity contribution is 5.33. The molecule has 2 aliphatic rings. The van der Waals surface area contributed by atoms with Gasteiger partial charge in [-0.2, -0.15) is 0 Å². The summed E-state index contributed by atoms with van der Waals surface area (Å²) in [5.74, 6) is 3.56. The molecule has 1 N–H and O–H groups in total. The summed E-state index contributed by atoms with van der Waals surface area (Å²) in [6, 6.07) is 8.55. The van der Waals surface area contributed by atoms with E-state index < -0.39 is 0 Å². The van der Waals surface area contributed by atoms with E-state index in [0.29, 0.717) is 0 Å². The molecule has 1 aromatic rings. The Morgan fingerprint density at radius 3 is 2.50 bits per heavy atom. The summed E-state index contributed by atoms with van der Waals surface area (Å²) in [4.78, 5) is 0. The molecule has 1 heterocycles. The fourth-order valence-electron chi connectivity index (χ4n) is 3.72. The molecule has 3 atom stereocenters. The summed E-state index contributed by atoms with van der Waals surface area (Å²) in [6.07, 6.45) is 8.36. The van der Waals surface area contributed by atoms with E-state index in [1.54, 1.807) is 7.11 Å². The first kappa shape index (κ1) is 17.3. The van der Waals surface area contributed by atoms with Crippen molar-refractivity contribution in [3.63, 3.8) is 0 Å². The largest absolute Gasteiger partial charge is 0.497 e. The van der Waals surface area contributed by atoms with Crippen molar-refractivity contribution in [1.82, 2.24) is 5.32 Å². The third kappa shape index (κ3) is 4.49. The molecule has 2 fully saturated rings. The summed E-state index contributed by atoms with van der Waals surface area (Å²) >= 11 is 0. The smallest absolute Gasteiger partial charge is 0.119 e. The van der Waals surface area contributed by atoms with Crippen LogP contribution in [0.1, 0.15) is 63.9 Å². The van der Waals surface area contributed by atoms with Gasteiger partial charge in [-0.05, 0) is 55.0 Å². The second-order valence-corrected chi connectivity index (χ2v) is 6.76. The van der Waals surface area contributed by atoms with Crippen molar-refractivity contribution in [3.05, 3.63) is 29.8 Å². The van der Waals surface area contributed by atoms with Crippen molar-refractivity contribution in [2.24, 2.45) is 11.8 Å². The molecule has 1 saturated carbocycles. The number of rotatable bonds is 6. The molecule has 124 valence electrons. The number of hydrogen-bond donors (Lipinski definition) is 1. The predicted octanol–water partition coefficient (Wildman–Crippen LogP) is 4.99. The molecular formula is C20H33NO. The maximum Gasteiger partial charge on any atom is 0.119 e. The quantitative estimate of drug-likeness (QED) is 0.747. The molecule has 1 aliphatic heterocycles. The lowest BCUT2D eigenvalue weighted by atomic mass is 9.64. The van der Waals surface area contributed by atoms with Crippen LogP contribution in [0.25, 0.3) is 0 Å². The molecule has 0 amide bonds. The van der Waals surface area contributed by atoms with Gasteiger partial charge in [0, 0.05) is 0 Å². The molecule has 1 aliphatic carbocycles. The Labute approximate surface area is 136 Å². The molecule has 3 rings (SSSR count). The molecule has 3 unspecified atom stereocenters. The fourth-order valence-corrected chi connectivity index (χ4v) is 3.72. The van der Waals surface area contributed by atoms with Gasteiger partial charge in [-0.15, -0.1) is 0 Å². The SMILES string of the molecule is CCCCCCC.COc1cccc(C2CC3CNCC32)c1. The zero-order chi connectivity index (χ0) is 15.8. The maximum absolute atomic E-state index is 5.27. The molecule has 1 aromatic carbocycles. The van der Waals surface area contributed by atoms with Crippen molar-refractivity contribution < 1.29 is 4.74 Å². The summed E-state index contributed by atoms with van der Waals surface area (Å²) < 4.78 is 5.27. The van der Waals surface area contributed by atoms with E-state index in [2.05, 4.69) is 37.4 Å². The van der Waals surface area contributed by atoms with Gasteiger partial charge in [-0.3, -0.25) is 0 Å². The van der Waals surface area contributed by atoms with Crippen molar-refractivity contribution in [2.75, 3.05) is 20.2 Å². The standard InChI is InChI=1S/C13H17NO.C7H16/c1-15-11-4-2-3-9(5-11)12-6-10-7-14-8-13(10)12;1-3-5-7-6-4-2/h2-5,10,12-14H,6-8H2,1H3;3-7H2,1-2H3. The van der Waals surface area contributed by atoms with Crippen LogP contribution in [0.4, 0.5) is 0 Å². The number of nitrogens with one attached hydrogen (secondary N) is 1. The summed E-state index contributed by atoms with van der Waals surface area (Å²) in [5.41, 5.74) is 1.46. The van der Waals surface area contributed by atoms with Crippen LogP contribution in [-0.2, 0) is 0 Å². The van der Waals surface area contributed by atoms with Gasteiger partial charge in [0.15, 0.2) is 0 Å². The van der Waals surface area contributed by atoms with Gasteiger partial charge in [0.2, 0.25) is 0 Å². The van der Waals surface area contributed by atoms with Crippen LogP contribution in [0.5, 0.6) is 5.75 Å². The van der Waals surface area contributed by atoms with Crippen molar-refractivity contribution in [1.29, 1.82) is 0 Å². The van der Waals surface area contributed by atoms with Crippen LogP contribution >= 0.6 is 0 Å². The van der Waals surface area contributed by atoms with Crippen LogP contribution in [-0.4, -0.2) is 20.2 Å².